The van der Waals surface area contributed by atoms with Gasteiger partial charge in [0.2, 0.25) is 0 Å². The molecule has 3 heteroatoms. The molecule has 70 valence electrons. The van der Waals surface area contributed by atoms with Crippen molar-refractivity contribution in [2.75, 3.05) is 0 Å². The Hall–Kier alpha value is -1.54. The lowest BCUT2D eigenvalue weighted by molar-refractivity contribution is 0.482. The molecule has 14 heavy (non-hydrogen) atoms. The smallest absolute Gasteiger partial charge is 0.132 e. The second-order valence-corrected chi connectivity index (χ2v) is 3.12. The van der Waals surface area contributed by atoms with Gasteiger partial charge in [-0.2, -0.15) is 0 Å². The largest absolute Gasteiger partial charge is 0.457 e. The number of pyridine rings is 1. The molecule has 0 bridgehead atoms. The van der Waals surface area contributed by atoms with E-state index in [0.29, 0.717) is 10.9 Å². The van der Waals surface area contributed by atoms with Crippen LogP contribution in [0.5, 0.6) is 11.5 Å². The second kappa shape index (κ2) is 4.11. The van der Waals surface area contributed by atoms with E-state index in [-0.39, 0.29) is 0 Å². The SMILES string of the molecule is Clc1cc(Oc2ccccc2)ccn1. The van der Waals surface area contributed by atoms with Crippen molar-refractivity contribution in [1.29, 1.82) is 0 Å². The Morgan fingerprint density at radius 2 is 1.79 bits per heavy atom. The monoisotopic (exact) mass is 205 g/mol. The van der Waals surface area contributed by atoms with Gasteiger partial charge in [-0.25, -0.2) is 4.98 Å². The molecule has 0 amide bonds. The molecular formula is C11H8ClNO. The Labute approximate surface area is 87.1 Å². The van der Waals surface area contributed by atoms with Gasteiger partial charge in [-0.15, -0.1) is 0 Å². The van der Waals surface area contributed by atoms with Crippen LogP contribution in [0.4, 0.5) is 0 Å². The fraction of sp³-hybridized carbons (Fsp3) is 0. The molecule has 0 aliphatic heterocycles. The molecule has 0 aliphatic rings. The standard InChI is InChI=1S/C11H8ClNO/c12-11-8-10(6-7-13-11)14-9-4-2-1-3-5-9/h1-8H. The number of aromatic nitrogens is 1. The third-order valence-electron chi connectivity index (χ3n) is 1.68. The molecule has 2 aromatic rings. The van der Waals surface area contributed by atoms with Crippen LogP contribution in [0.1, 0.15) is 0 Å². The number of ether oxygens (including phenoxy) is 1. The highest BCUT2D eigenvalue weighted by Gasteiger charge is 1.96. The van der Waals surface area contributed by atoms with E-state index in [1.807, 2.05) is 30.3 Å². The molecule has 0 N–H and O–H groups in total. The average molecular weight is 206 g/mol. The molecule has 0 saturated carbocycles. The summed E-state index contributed by atoms with van der Waals surface area (Å²) in [6.45, 7) is 0. The van der Waals surface area contributed by atoms with Crippen molar-refractivity contribution in [2.24, 2.45) is 0 Å². The zero-order valence-corrected chi connectivity index (χ0v) is 8.11. The number of benzene rings is 1. The van der Waals surface area contributed by atoms with Crippen LogP contribution >= 0.6 is 11.6 Å². The summed E-state index contributed by atoms with van der Waals surface area (Å²) in [6, 6.07) is 13.0. The van der Waals surface area contributed by atoms with Crippen LogP contribution in [0.15, 0.2) is 48.7 Å². The summed E-state index contributed by atoms with van der Waals surface area (Å²) < 4.78 is 5.53. The van der Waals surface area contributed by atoms with Crippen LogP contribution in [0.2, 0.25) is 5.15 Å². The molecule has 0 saturated heterocycles. The van der Waals surface area contributed by atoms with Gasteiger partial charge in [-0.05, 0) is 18.2 Å². The topological polar surface area (TPSA) is 22.1 Å². The van der Waals surface area contributed by atoms with E-state index in [4.69, 9.17) is 16.3 Å². The van der Waals surface area contributed by atoms with Crippen molar-refractivity contribution in [1.82, 2.24) is 4.98 Å². The second-order valence-electron chi connectivity index (χ2n) is 2.73. The molecule has 2 nitrogen and oxygen atoms in total. The zero-order valence-electron chi connectivity index (χ0n) is 7.35. The van der Waals surface area contributed by atoms with Crippen molar-refractivity contribution < 1.29 is 4.74 Å². The minimum atomic E-state index is 0.429. The Bertz CT molecular complexity index is 417. The van der Waals surface area contributed by atoms with Crippen LogP contribution < -0.4 is 4.74 Å². The van der Waals surface area contributed by atoms with E-state index in [0.717, 1.165) is 5.75 Å². The number of nitrogens with zero attached hydrogens (tertiary/aromatic N) is 1. The molecule has 0 atom stereocenters. The maximum absolute atomic E-state index is 5.72. The third kappa shape index (κ3) is 2.24. The molecule has 1 aromatic heterocycles. The first-order chi connectivity index (χ1) is 6.84. The third-order valence-corrected chi connectivity index (χ3v) is 1.88. The molecule has 0 unspecified atom stereocenters. The van der Waals surface area contributed by atoms with Gasteiger partial charge in [0.15, 0.2) is 0 Å². The molecule has 0 radical (unpaired) electrons. The Morgan fingerprint density at radius 3 is 2.50 bits per heavy atom. The van der Waals surface area contributed by atoms with Gasteiger partial charge in [0.05, 0.1) is 0 Å². The average Bonchev–Trinajstić information content (AvgIpc) is 2.19. The highest BCUT2D eigenvalue weighted by molar-refractivity contribution is 6.29. The van der Waals surface area contributed by atoms with Crippen LogP contribution in [0, 0.1) is 0 Å². The van der Waals surface area contributed by atoms with Crippen molar-refractivity contribution >= 4 is 11.6 Å². The van der Waals surface area contributed by atoms with Gasteiger partial charge < -0.3 is 4.74 Å². The summed E-state index contributed by atoms with van der Waals surface area (Å²) >= 11 is 5.72. The maximum atomic E-state index is 5.72. The predicted molar refractivity (Wildman–Crippen MR) is 55.8 cm³/mol. The van der Waals surface area contributed by atoms with E-state index < -0.39 is 0 Å². The first-order valence-electron chi connectivity index (χ1n) is 4.19. The summed E-state index contributed by atoms with van der Waals surface area (Å²) in [6.07, 6.45) is 1.61. The summed E-state index contributed by atoms with van der Waals surface area (Å²) in [4.78, 5) is 3.87. The van der Waals surface area contributed by atoms with E-state index in [9.17, 15) is 0 Å². The van der Waals surface area contributed by atoms with Gasteiger partial charge in [0.1, 0.15) is 16.7 Å². The molecule has 1 aromatic carbocycles. The molecular weight excluding hydrogens is 198 g/mol. The van der Waals surface area contributed by atoms with Gasteiger partial charge >= 0.3 is 0 Å². The number of hydrogen-bond donors (Lipinski definition) is 0. The lowest BCUT2D eigenvalue weighted by atomic mass is 10.3. The van der Waals surface area contributed by atoms with Crippen LogP contribution in [0.25, 0.3) is 0 Å². The number of hydrogen-bond acceptors (Lipinski definition) is 2. The maximum Gasteiger partial charge on any atom is 0.132 e. The number of rotatable bonds is 2. The Balaban J connectivity index is 2.19. The normalized spacial score (nSPS) is 9.79. The molecule has 0 aliphatic carbocycles. The minimum Gasteiger partial charge on any atom is -0.457 e. The predicted octanol–water partition coefficient (Wildman–Crippen LogP) is 3.53. The summed E-state index contributed by atoms with van der Waals surface area (Å²) in [5, 5.41) is 0.429. The number of halogens is 1. The quantitative estimate of drug-likeness (QED) is 0.700. The Kier molecular flexibility index (Phi) is 2.65. The highest BCUT2D eigenvalue weighted by Crippen LogP contribution is 2.21. The van der Waals surface area contributed by atoms with Crippen LogP contribution in [-0.4, -0.2) is 4.98 Å². The summed E-state index contributed by atoms with van der Waals surface area (Å²) in [5.41, 5.74) is 0. The van der Waals surface area contributed by atoms with Crippen molar-refractivity contribution in [3.05, 3.63) is 53.8 Å². The van der Waals surface area contributed by atoms with Crippen LogP contribution in [-0.2, 0) is 0 Å². The summed E-state index contributed by atoms with van der Waals surface area (Å²) in [7, 11) is 0. The lowest BCUT2D eigenvalue weighted by Crippen LogP contribution is -1.84. The summed E-state index contributed by atoms with van der Waals surface area (Å²) in [5.74, 6) is 1.48. The Morgan fingerprint density at radius 1 is 1.00 bits per heavy atom. The molecule has 2 rings (SSSR count). The van der Waals surface area contributed by atoms with E-state index >= 15 is 0 Å². The molecule has 1 heterocycles. The molecule has 0 spiro atoms. The van der Waals surface area contributed by atoms with Crippen molar-refractivity contribution in [3.8, 4) is 11.5 Å². The van der Waals surface area contributed by atoms with Gasteiger partial charge in [-0.3, -0.25) is 0 Å². The van der Waals surface area contributed by atoms with Gasteiger partial charge in [0.25, 0.3) is 0 Å². The van der Waals surface area contributed by atoms with E-state index in [2.05, 4.69) is 4.98 Å². The highest BCUT2D eigenvalue weighted by atomic mass is 35.5. The van der Waals surface area contributed by atoms with Crippen molar-refractivity contribution in [2.45, 2.75) is 0 Å². The van der Waals surface area contributed by atoms with E-state index in [1.165, 1.54) is 0 Å². The molecule has 0 fully saturated rings. The van der Waals surface area contributed by atoms with Gasteiger partial charge in [0, 0.05) is 12.3 Å². The van der Waals surface area contributed by atoms with E-state index in [1.54, 1.807) is 18.3 Å². The minimum absolute atomic E-state index is 0.429. The van der Waals surface area contributed by atoms with Crippen molar-refractivity contribution in [3.63, 3.8) is 0 Å². The first-order valence-corrected chi connectivity index (χ1v) is 4.57. The lowest BCUT2D eigenvalue weighted by Gasteiger charge is -2.04. The van der Waals surface area contributed by atoms with Crippen LogP contribution in [0.3, 0.4) is 0 Å². The number of para-hydroxylation sites is 1. The fourth-order valence-corrected chi connectivity index (χ4v) is 1.24. The first kappa shape index (κ1) is 9.03. The fourth-order valence-electron chi connectivity index (χ4n) is 1.07. The zero-order chi connectivity index (χ0) is 9.80. The van der Waals surface area contributed by atoms with Gasteiger partial charge in [-0.1, -0.05) is 29.8 Å².